The van der Waals surface area contributed by atoms with Gasteiger partial charge in [-0.3, -0.25) is 4.90 Å². The number of thiazole rings is 1. The van der Waals surface area contributed by atoms with Crippen LogP contribution in [0.4, 0.5) is 4.79 Å². The molecular weight excluding hydrogens is 324 g/mol. The Labute approximate surface area is 146 Å². The first-order valence-electron chi connectivity index (χ1n) is 8.42. The summed E-state index contributed by atoms with van der Waals surface area (Å²) in [4.78, 5) is 18.8. The van der Waals surface area contributed by atoms with Gasteiger partial charge in [0.1, 0.15) is 5.76 Å². The number of nitrogens with one attached hydrogen (secondary N) is 2. The maximum Gasteiger partial charge on any atom is 0.314 e. The second kappa shape index (κ2) is 8.30. The third-order valence-corrected chi connectivity index (χ3v) is 5.06. The smallest absolute Gasteiger partial charge is 0.314 e. The highest BCUT2D eigenvalue weighted by atomic mass is 32.1. The van der Waals surface area contributed by atoms with Gasteiger partial charge in [0.05, 0.1) is 23.0 Å². The first-order valence-corrected chi connectivity index (χ1v) is 9.30. The highest BCUT2D eigenvalue weighted by Gasteiger charge is 2.25. The van der Waals surface area contributed by atoms with Crippen LogP contribution in [0.2, 0.25) is 0 Å². The van der Waals surface area contributed by atoms with Crippen LogP contribution in [0.15, 0.2) is 28.2 Å². The molecule has 2 amide bonds. The molecule has 0 unspecified atom stereocenters. The van der Waals surface area contributed by atoms with Crippen molar-refractivity contribution >= 4 is 17.4 Å². The summed E-state index contributed by atoms with van der Waals surface area (Å²) < 4.78 is 5.56. The van der Waals surface area contributed by atoms with Crippen molar-refractivity contribution in [1.82, 2.24) is 20.5 Å². The summed E-state index contributed by atoms with van der Waals surface area (Å²) >= 11 is 1.63. The number of urea groups is 1. The van der Waals surface area contributed by atoms with Crippen molar-refractivity contribution in [3.05, 3.63) is 40.2 Å². The molecule has 2 aromatic heterocycles. The van der Waals surface area contributed by atoms with E-state index in [1.165, 1.54) is 12.8 Å². The molecule has 7 heteroatoms. The van der Waals surface area contributed by atoms with E-state index >= 15 is 0 Å². The summed E-state index contributed by atoms with van der Waals surface area (Å²) in [5, 5.41) is 8.96. The number of nitrogens with zero attached hydrogens (tertiary/aromatic N) is 2. The van der Waals surface area contributed by atoms with Crippen LogP contribution in [0.5, 0.6) is 0 Å². The fraction of sp³-hybridized carbons (Fsp3) is 0.529. The van der Waals surface area contributed by atoms with Crippen molar-refractivity contribution in [3.63, 3.8) is 0 Å². The predicted molar refractivity (Wildman–Crippen MR) is 94.2 cm³/mol. The van der Waals surface area contributed by atoms with Crippen molar-refractivity contribution in [3.8, 4) is 0 Å². The van der Waals surface area contributed by atoms with E-state index in [9.17, 15) is 4.79 Å². The zero-order valence-electron chi connectivity index (χ0n) is 14.0. The summed E-state index contributed by atoms with van der Waals surface area (Å²) in [6.07, 6.45) is 4.85. The molecule has 2 aromatic rings. The fourth-order valence-corrected chi connectivity index (χ4v) is 3.67. The van der Waals surface area contributed by atoms with Crippen LogP contribution in [-0.4, -0.2) is 42.1 Å². The van der Waals surface area contributed by atoms with Crippen LogP contribution in [0, 0.1) is 6.92 Å². The maximum absolute atomic E-state index is 12.0. The summed E-state index contributed by atoms with van der Waals surface area (Å²) in [6.45, 7) is 5.23. The predicted octanol–water partition coefficient (Wildman–Crippen LogP) is 2.72. The van der Waals surface area contributed by atoms with Gasteiger partial charge in [0, 0.05) is 24.9 Å². The second-order valence-corrected chi connectivity index (χ2v) is 7.08. The molecule has 0 saturated carbocycles. The summed E-state index contributed by atoms with van der Waals surface area (Å²) in [7, 11) is 0. The number of aromatic nitrogens is 1. The van der Waals surface area contributed by atoms with Gasteiger partial charge in [0.15, 0.2) is 0 Å². The maximum atomic E-state index is 12.0. The summed E-state index contributed by atoms with van der Waals surface area (Å²) in [5.74, 6) is 0.912. The Morgan fingerprint density at radius 3 is 2.92 bits per heavy atom. The Hall–Kier alpha value is -1.86. The molecule has 0 radical (unpaired) electrons. The number of furan rings is 1. The van der Waals surface area contributed by atoms with Crippen LogP contribution in [0.3, 0.4) is 0 Å². The minimum absolute atomic E-state index is 0.106. The van der Waals surface area contributed by atoms with Crippen molar-refractivity contribution in [2.45, 2.75) is 32.2 Å². The van der Waals surface area contributed by atoms with Crippen LogP contribution < -0.4 is 10.6 Å². The Morgan fingerprint density at radius 2 is 2.25 bits per heavy atom. The van der Waals surface area contributed by atoms with E-state index in [1.807, 2.05) is 24.4 Å². The first kappa shape index (κ1) is 17.0. The van der Waals surface area contributed by atoms with E-state index in [2.05, 4.69) is 20.5 Å². The molecule has 2 N–H and O–H groups in total. The van der Waals surface area contributed by atoms with Gasteiger partial charge in [-0.2, -0.15) is 0 Å². The van der Waals surface area contributed by atoms with Crippen molar-refractivity contribution in [2.75, 3.05) is 26.2 Å². The van der Waals surface area contributed by atoms with E-state index in [1.54, 1.807) is 17.6 Å². The minimum atomic E-state index is -0.141. The van der Waals surface area contributed by atoms with Gasteiger partial charge in [-0.05, 0) is 45.0 Å². The lowest BCUT2D eigenvalue weighted by Crippen LogP contribution is -2.42. The SMILES string of the molecule is Cc1nc(CCNC(=O)NC[C@@H](c2ccco2)N2CCCC2)cs1. The minimum Gasteiger partial charge on any atom is -0.468 e. The molecule has 24 heavy (non-hydrogen) atoms. The zero-order valence-corrected chi connectivity index (χ0v) is 14.8. The lowest BCUT2D eigenvalue weighted by Gasteiger charge is -2.26. The van der Waals surface area contributed by atoms with Gasteiger partial charge in [0.2, 0.25) is 0 Å². The highest BCUT2D eigenvalue weighted by Crippen LogP contribution is 2.24. The first-order chi connectivity index (χ1) is 11.7. The molecule has 0 aromatic carbocycles. The van der Waals surface area contributed by atoms with Crippen LogP contribution in [0.25, 0.3) is 0 Å². The molecule has 6 nitrogen and oxygen atoms in total. The normalized spacial score (nSPS) is 16.2. The largest absolute Gasteiger partial charge is 0.468 e. The Kier molecular flexibility index (Phi) is 5.87. The van der Waals surface area contributed by atoms with E-state index in [4.69, 9.17) is 4.42 Å². The number of carbonyl (C=O) groups excluding carboxylic acids is 1. The van der Waals surface area contributed by atoms with Gasteiger partial charge < -0.3 is 15.1 Å². The van der Waals surface area contributed by atoms with Crippen molar-refractivity contribution < 1.29 is 9.21 Å². The lowest BCUT2D eigenvalue weighted by molar-refractivity contribution is 0.203. The standard InChI is InChI=1S/C17H24N4O2S/c1-13-20-14(12-24-13)6-7-18-17(22)19-11-15(16-5-4-10-23-16)21-8-2-3-9-21/h4-5,10,12,15H,2-3,6-9,11H2,1H3,(H2,18,19,22)/t15-/m0/s1. The van der Waals surface area contributed by atoms with Crippen LogP contribution in [0.1, 0.15) is 35.3 Å². The van der Waals surface area contributed by atoms with Gasteiger partial charge in [-0.25, -0.2) is 9.78 Å². The fourth-order valence-electron chi connectivity index (χ4n) is 3.02. The summed E-state index contributed by atoms with van der Waals surface area (Å²) in [6, 6.07) is 3.84. The third kappa shape index (κ3) is 4.58. The molecule has 1 saturated heterocycles. The Balaban J connectivity index is 1.44. The molecular formula is C17H24N4O2S. The monoisotopic (exact) mass is 348 g/mol. The molecule has 0 spiro atoms. The number of amides is 2. The molecule has 1 fully saturated rings. The quantitative estimate of drug-likeness (QED) is 0.807. The molecule has 0 bridgehead atoms. The van der Waals surface area contributed by atoms with E-state index in [-0.39, 0.29) is 12.1 Å². The van der Waals surface area contributed by atoms with E-state index in [0.717, 1.165) is 36.0 Å². The number of hydrogen-bond acceptors (Lipinski definition) is 5. The van der Waals surface area contributed by atoms with Gasteiger partial charge >= 0.3 is 6.03 Å². The number of carbonyl (C=O) groups is 1. The summed E-state index contributed by atoms with van der Waals surface area (Å²) in [5.41, 5.74) is 1.03. The van der Waals surface area contributed by atoms with Crippen LogP contribution in [-0.2, 0) is 6.42 Å². The van der Waals surface area contributed by atoms with Crippen LogP contribution >= 0.6 is 11.3 Å². The third-order valence-electron chi connectivity index (χ3n) is 4.24. The molecule has 130 valence electrons. The van der Waals surface area contributed by atoms with E-state index in [0.29, 0.717) is 13.1 Å². The number of rotatable bonds is 7. The number of aryl methyl sites for hydroxylation is 1. The van der Waals surface area contributed by atoms with Gasteiger partial charge in [-0.15, -0.1) is 11.3 Å². The topological polar surface area (TPSA) is 70.4 Å². The molecule has 1 atom stereocenters. The Bertz CT molecular complexity index is 635. The molecule has 1 aliphatic heterocycles. The Morgan fingerprint density at radius 1 is 1.42 bits per heavy atom. The highest BCUT2D eigenvalue weighted by molar-refractivity contribution is 7.09. The zero-order chi connectivity index (χ0) is 16.8. The van der Waals surface area contributed by atoms with Gasteiger partial charge in [0.25, 0.3) is 0 Å². The lowest BCUT2D eigenvalue weighted by atomic mass is 10.2. The van der Waals surface area contributed by atoms with Gasteiger partial charge in [-0.1, -0.05) is 0 Å². The molecule has 3 heterocycles. The van der Waals surface area contributed by atoms with Crippen molar-refractivity contribution in [2.24, 2.45) is 0 Å². The molecule has 3 rings (SSSR count). The average Bonchev–Trinajstić information content (AvgIpc) is 3.30. The molecule has 0 aliphatic carbocycles. The number of hydrogen-bond donors (Lipinski definition) is 2. The second-order valence-electron chi connectivity index (χ2n) is 6.02. The average molecular weight is 348 g/mol. The van der Waals surface area contributed by atoms with Crippen molar-refractivity contribution in [1.29, 1.82) is 0 Å². The molecule has 1 aliphatic rings. The number of likely N-dealkylation sites (tertiary alicyclic amines) is 1. The van der Waals surface area contributed by atoms with E-state index < -0.39 is 0 Å².